The summed E-state index contributed by atoms with van der Waals surface area (Å²) in [6.45, 7) is 3.21. The zero-order valence-corrected chi connectivity index (χ0v) is 28.9. The Labute approximate surface area is 298 Å². The summed E-state index contributed by atoms with van der Waals surface area (Å²) >= 11 is 2.76. The van der Waals surface area contributed by atoms with Gasteiger partial charge in [-0.25, -0.2) is 9.78 Å². The number of imidazole rings is 1. The van der Waals surface area contributed by atoms with E-state index in [0.29, 0.717) is 32.4 Å². The summed E-state index contributed by atoms with van der Waals surface area (Å²) in [5.41, 5.74) is 7.74. The topological polar surface area (TPSA) is 223 Å². The van der Waals surface area contributed by atoms with Gasteiger partial charge in [0.15, 0.2) is 0 Å². The van der Waals surface area contributed by atoms with Crippen molar-refractivity contribution in [3.63, 3.8) is 0 Å². The Morgan fingerprint density at radius 2 is 1.63 bits per heavy atom. The number of amides is 1. The van der Waals surface area contributed by atoms with Gasteiger partial charge >= 0.3 is 11.9 Å². The Balaban J connectivity index is 1.14. The number of aliphatic hydroxyl groups is 1. The number of nitrogens with two attached hydrogens (primary N) is 1. The van der Waals surface area contributed by atoms with Crippen LogP contribution in [0.25, 0.3) is 10.4 Å². The molecular weight excluding hydrogens is 705 g/mol. The third kappa shape index (κ3) is 7.07. The van der Waals surface area contributed by atoms with E-state index in [1.165, 1.54) is 76.5 Å². The van der Waals surface area contributed by atoms with Crippen LogP contribution in [0, 0.1) is 32.1 Å². The molecule has 3 N–H and O–H groups in total. The minimum atomic E-state index is -0.921. The highest BCUT2D eigenvalue weighted by molar-refractivity contribution is 7.99. The van der Waals surface area contributed by atoms with E-state index in [9.17, 15) is 39.7 Å². The molecule has 6 rings (SSSR count). The number of hydrogen-bond donors (Lipinski definition) is 2. The van der Waals surface area contributed by atoms with Crippen molar-refractivity contribution in [3.05, 3.63) is 103 Å². The zero-order valence-electron chi connectivity index (χ0n) is 27.2. The van der Waals surface area contributed by atoms with Gasteiger partial charge in [0.05, 0.1) is 32.8 Å². The van der Waals surface area contributed by atoms with Crippen LogP contribution < -0.4 is 5.73 Å². The lowest BCUT2D eigenvalue weighted by molar-refractivity contribution is -0.385. The van der Waals surface area contributed by atoms with Crippen LogP contribution in [0.5, 0.6) is 0 Å². The Bertz CT molecular complexity index is 2040. The van der Waals surface area contributed by atoms with Crippen LogP contribution in [-0.2, 0) is 37.1 Å². The van der Waals surface area contributed by atoms with Crippen molar-refractivity contribution in [1.82, 2.24) is 14.3 Å². The fraction of sp³-hybridized carbons (Fsp3) is 0.333. The number of nitrogens with zero attached hydrogens (tertiary/aromatic N) is 5. The molecule has 2 aliphatic heterocycles. The molecule has 1 fully saturated rings. The summed E-state index contributed by atoms with van der Waals surface area (Å²) in [5, 5.41) is 32.9. The summed E-state index contributed by atoms with van der Waals surface area (Å²) in [7, 11) is 0. The standard InChI is InChI=1S/C33H32N6O10S2/c1-17-25(28(37-27(17)26(18(2)40)30(37)41)33(43)49-15-20-5-9-22(10-6-20)39(46)47)24-13-36-16-35-29(31(36)51-24)50-12-11-23(34)32(42)48-14-19-3-7-21(8-4-19)38(44)45/h3-10,13,16-18,23,26-27,40H,11-12,14-15,34H2,1-2H3/t17-,18+,23?,26+,27+/m0/s1. The highest BCUT2D eigenvalue weighted by atomic mass is 32.2. The number of carbonyl (C=O) groups is 3. The normalized spacial score (nSPS) is 19.4. The molecule has 0 aliphatic carbocycles. The molecule has 1 unspecified atom stereocenters. The number of nitro groups is 2. The average Bonchev–Trinajstić information content (AvgIpc) is 3.76. The van der Waals surface area contributed by atoms with Crippen LogP contribution in [0.15, 0.2) is 71.8 Å². The number of β-lactam (4-membered cyclic amide) rings is 1. The molecule has 18 heteroatoms. The van der Waals surface area contributed by atoms with Gasteiger partial charge in [0.1, 0.15) is 41.1 Å². The fourth-order valence-corrected chi connectivity index (χ4v) is 8.52. The number of rotatable bonds is 14. The van der Waals surface area contributed by atoms with Gasteiger partial charge < -0.3 is 25.2 Å². The molecule has 266 valence electrons. The summed E-state index contributed by atoms with van der Waals surface area (Å²) in [6, 6.07) is 9.95. The van der Waals surface area contributed by atoms with Gasteiger partial charge in [0, 0.05) is 47.7 Å². The molecule has 0 radical (unpaired) electrons. The number of fused-ring (bicyclic) bond motifs is 2. The number of aromatic nitrogens is 2. The number of esters is 2. The lowest BCUT2D eigenvalue weighted by atomic mass is 9.77. The fourth-order valence-electron chi connectivity index (χ4n) is 6.19. The van der Waals surface area contributed by atoms with Gasteiger partial charge in [-0.05, 0) is 48.7 Å². The van der Waals surface area contributed by atoms with Crippen LogP contribution >= 0.6 is 23.1 Å². The molecular formula is C33H32N6O10S2. The van der Waals surface area contributed by atoms with Crippen LogP contribution in [0.1, 0.15) is 36.3 Å². The van der Waals surface area contributed by atoms with Gasteiger partial charge in [-0.15, -0.1) is 23.1 Å². The summed E-state index contributed by atoms with van der Waals surface area (Å²) in [5.74, 6) is -2.26. The number of non-ortho nitro benzene ring substituents is 2. The van der Waals surface area contributed by atoms with Gasteiger partial charge in [-0.1, -0.05) is 6.92 Å². The highest BCUT2D eigenvalue weighted by Gasteiger charge is 2.60. The van der Waals surface area contributed by atoms with Crippen LogP contribution in [0.2, 0.25) is 0 Å². The maximum atomic E-state index is 13.6. The lowest BCUT2D eigenvalue weighted by Crippen LogP contribution is -2.63. The molecule has 2 aliphatic rings. The van der Waals surface area contributed by atoms with Crippen molar-refractivity contribution in [1.29, 1.82) is 0 Å². The molecule has 4 aromatic rings. The van der Waals surface area contributed by atoms with Crippen molar-refractivity contribution in [3.8, 4) is 0 Å². The molecule has 1 amide bonds. The van der Waals surface area contributed by atoms with Crippen molar-refractivity contribution in [2.24, 2.45) is 17.6 Å². The third-order valence-electron chi connectivity index (χ3n) is 8.83. The van der Waals surface area contributed by atoms with E-state index in [1.54, 1.807) is 13.3 Å². The Morgan fingerprint density at radius 1 is 1.04 bits per heavy atom. The SMILES string of the molecule is C[C@@H](O)[C@H]1C(=O)N2C(C(=O)OCc3ccc([N+](=O)[O-])cc3)=C(c3cn4cnc(SCCC(N)C(=O)OCc5ccc([N+](=O)[O-])cc5)c4s3)[C@H](C)[C@H]12. The van der Waals surface area contributed by atoms with E-state index in [1.807, 2.05) is 17.5 Å². The van der Waals surface area contributed by atoms with Gasteiger partial charge in [0.2, 0.25) is 5.91 Å². The number of benzene rings is 2. The molecule has 2 aromatic heterocycles. The van der Waals surface area contributed by atoms with Crippen molar-refractivity contribution in [2.75, 3.05) is 5.75 Å². The zero-order chi connectivity index (χ0) is 36.6. The number of thioether (sulfide) groups is 1. The molecule has 0 bridgehead atoms. The summed E-state index contributed by atoms with van der Waals surface area (Å²) in [6.07, 6.45) is 2.81. The molecule has 16 nitrogen and oxygen atoms in total. The van der Waals surface area contributed by atoms with Crippen LogP contribution in [0.3, 0.4) is 0 Å². The minimum Gasteiger partial charge on any atom is -0.460 e. The third-order valence-corrected chi connectivity index (χ3v) is 11.1. The number of thiazole rings is 1. The first-order chi connectivity index (χ1) is 24.3. The molecule has 0 saturated carbocycles. The molecule has 1 saturated heterocycles. The van der Waals surface area contributed by atoms with Crippen LogP contribution in [-0.4, -0.2) is 71.0 Å². The van der Waals surface area contributed by atoms with E-state index in [-0.39, 0.29) is 48.5 Å². The second-order valence-corrected chi connectivity index (χ2v) is 14.3. The maximum absolute atomic E-state index is 13.6. The minimum absolute atomic E-state index is 0.0655. The smallest absolute Gasteiger partial charge is 0.355 e. The quantitative estimate of drug-likeness (QED) is 0.0613. The van der Waals surface area contributed by atoms with Gasteiger partial charge in [0.25, 0.3) is 11.4 Å². The second-order valence-electron chi connectivity index (χ2n) is 12.1. The Hall–Kier alpha value is -5.17. The van der Waals surface area contributed by atoms with Gasteiger partial charge in [-0.3, -0.25) is 34.2 Å². The van der Waals surface area contributed by atoms with Crippen LogP contribution in [0.4, 0.5) is 11.4 Å². The molecule has 2 aromatic carbocycles. The van der Waals surface area contributed by atoms with E-state index in [0.717, 1.165) is 4.83 Å². The molecule has 4 heterocycles. The number of carbonyl (C=O) groups excluding carboxylic acids is 3. The van der Waals surface area contributed by atoms with Crippen molar-refractivity contribution >= 4 is 62.7 Å². The Morgan fingerprint density at radius 3 is 2.20 bits per heavy atom. The number of hydrogen-bond acceptors (Lipinski definition) is 14. The number of ether oxygens (including phenoxy) is 2. The average molecular weight is 737 g/mol. The molecule has 51 heavy (non-hydrogen) atoms. The molecule has 0 spiro atoms. The summed E-state index contributed by atoms with van der Waals surface area (Å²) in [4.78, 5) is 67.5. The lowest BCUT2D eigenvalue weighted by Gasteiger charge is -2.46. The predicted octanol–water partition coefficient (Wildman–Crippen LogP) is 4.08. The van der Waals surface area contributed by atoms with Gasteiger partial charge in [-0.2, -0.15) is 0 Å². The van der Waals surface area contributed by atoms with E-state index >= 15 is 0 Å². The van der Waals surface area contributed by atoms with Crippen molar-refractivity contribution in [2.45, 2.75) is 56.7 Å². The van der Waals surface area contributed by atoms with E-state index < -0.39 is 45.9 Å². The second kappa shape index (κ2) is 14.6. The monoisotopic (exact) mass is 736 g/mol. The largest absolute Gasteiger partial charge is 0.460 e. The Kier molecular flexibility index (Phi) is 10.2. The highest BCUT2D eigenvalue weighted by Crippen LogP contribution is 2.52. The van der Waals surface area contributed by atoms with Crippen molar-refractivity contribution < 1.29 is 38.8 Å². The first kappa shape index (κ1) is 35.6. The summed E-state index contributed by atoms with van der Waals surface area (Å²) < 4.78 is 12.7. The first-order valence-corrected chi connectivity index (χ1v) is 17.6. The first-order valence-electron chi connectivity index (χ1n) is 15.8. The number of nitro benzene ring substituents is 2. The van der Waals surface area contributed by atoms with E-state index in [2.05, 4.69) is 4.98 Å². The number of aliphatic hydroxyl groups excluding tert-OH is 1. The maximum Gasteiger partial charge on any atom is 0.355 e. The predicted molar refractivity (Wildman–Crippen MR) is 184 cm³/mol. The molecule has 5 atom stereocenters. The van der Waals surface area contributed by atoms with E-state index in [4.69, 9.17) is 15.2 Å².